The zero-order valence-electron chi connectivity index (χ0n) is 11.2. The molecule has 0 heterocycles. The van der Waals surface area contributed by atoms with Crippen LogP contribution in [0.25, 0.3) is 0 Å². The Hall–Kier alpha value is -1.34. The first kappa shape index (κ1) is 15.7. The van der Waals surface area contributed by atoms with E-state index in [2.05, 4.69) is 10.6 Å². The van der Waals surface area contributed by atoms with Crippen LogP contribution in [0.2, 0.25) is 0 Å². The van der Waals surface area contributed by atoms with Crippen LogP contribution in [0.3, 0.4) is 0 Å². The Labute approximate surface area is 112 Å². The molecular weight excluding hydrogens is 252 g/mol. The molecule has 1 aliphatic rings. The minimum Gasteiger partial charge on any atom is -0.481 e. The molecule has 19 heavy (non-hydrogen) atoms. The predicted octanol–water partition coefficient (Wildman–Crippen LogP) is 0.204. The summed E-state index contributed by atoms with van der Waals surface area (Å²) >= 11 is 0. The minimum absolute atomic E-state index is 0.193. The lowest BCUT2D eigenvalue weighted by molar-refractivity contribution is -0.143. The zero-order valence-corrected chi connectivity index (χ0v) is 11.2. The van der Waals surface area contributed by atoms with Gasteiger partial charge in [0.25, 0.3) is 0 Å². The highest BCUT2D eigenvalue weighted by Gasteiger charge is 2.50. The molecular formula is C12H22N2O5. The summed E-state index contributed by atoms with van der Waals surface area (Å²) in [6, 6.07) is -0.329. The SMILES string of the molecule is COCCOCCCNC(=O)NCC1(C(=O)O)CC1. The van der Waals surface area contributed by atoms with E-state index in [1.165, 1.54) is 0 Å². The maximum Gasteiger partial charge on any atom is 0.314 e. The van der Waals surface area contributed by atoms with E-state index in [0.717, 1.165) is 0 Å². The van der Waals surface area contributed by atoms with Crippen molar-refractivity contribution in [3.05, 3.63) is 0 Å². The van der Waals surface area contributed by atoms with Gasteiger partial charge in [-0.1, -0.05) is 0 Å². The summed E-state index contributed by atoms with van der Waals surface area (Å²) in [6.45, 7) is 2.36. The number of nitrogens with one attached hydrogen (secondary N) is 2. The molecule has 0 aliphatic heterocycles. The first-order valence-corrected chi connectivity index (χ1v) is 6.42. The van der Waals surface area contributed by atoms with E-state index in [-0.39, 0.29) is 12.6 Å². The largest absolute Gasteiger partial charge is 0.481 e. The Bertz CT molecular complexity index is 304. The fourth-order valence-electron chi connectivity index (χ4n) is 1.55. The van der Waals surface area contributed by atoms with Crippen LogP contribution in [0.5, 0.6) is 0 Å². The molecule has 1 rings (SSSR count). The lowest BCUT2D eigenvalue weighted by atomic mass is 10.1. The Morgan fingerprint density at radius 3 is 2.53 bits per heavy atom. The molecule has 0 radical (unpaired) electrons. The highest BCUT2D eigenvalue weighted by atomic mass is 16.5. The van der Waals surface area contributed by atoms with Gasteiger partial charge in [0.2, 0.25) is 0 Å². The van der Waals surface area contributed by atoms with Crippen LogP contribution in [0.4, 0.5) is 4.79 Å². The molecule has 7 nitrogen and oxygen atoms in total. The van der Waals surface area contributed by atoms with Gasteiger partial charge < -0.3 is 25.2 Å². The van der Waals surface area contributed by atoms with Gasteiger partial charge in [-0.15, -0.1) is 0 Å². The second-order valence-electron chi connectivity index (χ2n) is 4.65. The molecule has 0 bridgehead atoms. The third-order valence-corrected chi connectivity index (χ3v) is 3.08. The summed E-state index contributed by atoms with van der Waals surface area (Å²) in [5, 5.41) is 14.2. The monoisotopic (exact) mass is 274 g/mol. The van der Waals surface area contributed by atoms with E-state index in [1.54, 1.807) is 7.11 Å². The average Bonchev–Trinajstić information content (AvgIpc) is 3.16. The van der Waals surface area contributed by atoms with Gasteiger partial charge in [0, 0.05) is 26.8 Å². The molecule has 2 amide bonds. The molecule has 0 aromatic rings. The van der Waals surface area contributed by atoms with E-state index in [9.17, 15) is 9.59 Å². The standard InChI is InChI=1S/C12H22N2O5/c1-18-7-8-19-6-2-5-13-11(17)14-9-12(3-4-12)10(15)16/h2-9H2,1H3,(H,15,16)(H2,13,14,17). The number of hydrogen-bond acceptors (Lipinski definition) is 4. The third kappa shape index (κ3) is 5.89. The molecule has 110 valence electrons. The summed E-state index contributed by atoms with van der Waals surface area (Å²) in [5.41, 5.74) is -0.722. The van der Waals surface area contributed by atoms with Gasteiger partial charge in [-0.2, -0.15) is 0 Å². The summed E-state index contributed by atoms with van der Waals surface area (Å²) in [5.74, 6) is -0.834. The third-order valence-electron chi connectivity index (χ3n) is 3.08. The molecule has 0 atom stereocenters. The first-order valence-electron chi connectivity index (χ1n) is 6.42. The smallest absolute Gasteiger partial charge is 0.314 e. The molecule has 0 saturated heterocycles. The lowest BCUT2D eigenvalue weighted by Crippen LogP contribution is -2.41. The number of methoxy groups -OCH3 is 1. The van der Waals surface area contributed by atoms with Crippen LogP contribution in [-0.2, 0) is 14.3 Å². The normalized spacial score (nSPS) is 15.8. The number of carboxylic acid groups (broad SMARTS) is 1. The van der Waals surface area contributed by atoms with Gasteiger partial charge in [-0.05, 0) is 19.3 Å². The number of aliphatic carboxylic acids is 1. The average molecular weight is 274 g/mol. The number of carbonyl (C=O) groups excluding carboxylic acids is 1. The molecule has 1 saturated carbocycles. The van der Waals surface area contributed by atoms with Gasteiger partial charge >= 0.3 is 12.0 Å². The van der Waals surface area contributed by atoms with Gasteiger partial charge in [0.1, 0.15) is 0 Å². The van der Waals surface area contributed by atoms with Crippen molar-refractivity contribution in [1.29, 1.82) is 0 Å². The van der Waals surface area contributed by atoms with Crippen LogP contribution in [-0.4, -0.2) is 57.1 Å². The summed E-state index contributed by atoms with van der Waals surface area (Å²) in [4.78, 5) is 22.3. The van der Waals surface area contributed by atoms with Crippen LogP contribution >= 0.6 is 0 Å². The second kappa shape index (κ2) is 7.96. The number of amides is 2. The minimum atomic E-state index is -0.834. The van der Waals surface area contributed by atoms with E-state index in [1.807, 2.05) is 0 Å². The highest BCUT2D eigenvalue weighted by molar-refractivity contribution is 5.80. The number of carbonyl (C=O) groups is 2. The van der Waals surface area contributed by atoms with Crippen LogP contribution in [0, 0.1) is 5.41 Å². The predicted molar refractivity (Wildman–Crippen MR) is 68.0 cm³/mol. The molecule has 0 aromatic heterocycles. The van der Waals surface area contributed by atoms with Crippen molar-refractivity contribution in [2.45, 2.75) is 19.3 Å². The van der Waals surface area contributed by atoms with Crippen LogP contribution < -0.4 is 10.6 Å². The quantitative estimate of drug-likeness (QED) is 0.495. The summed E-state index contributed by atoms with van der Waals surface area (Å²) < 4.78 is 10.1. The Kier molecular flexibility index (Phi) is 6.58. The van der Waals surface area contributed by atoms with Crippen molar-refractivity contribution in [3.63, 3.8) is 0 Å². The maximum atomic E-state index is 11.4. The van der Waals surface area contributed by atoms with Gasteiger partial charge in [-0.25, -0.2) is 4.79 Å². The Morgan fingerprint density at radius 2 is 1.95 bits per heavy atom. The number of hydrogen-bond donors (Lipinski definition) is 3. The first-order chi connectivity index (χ1) is 9.10. The summed E-state index contributed by atoms with van der Waals surface area (Å²) in [7, 11) is 1.61. The van der Waals surface area contributed by atoms with Gasteiger partial charge in [0.15, 0.2) is 0 Å². The van der Waals surface area contributed by atoms with Crippen molar-refractivity contribution in [2.75, 3.05) is 40.0 Å². The lowest BCUT2D eigenvalue weighted by Gasteiger charge is -2.12. The van der Waals surface area contributed by atoms with Crippen molar-refractivity contribution in [3.8, 4) is 0 Å². The molecule has 7 heteroatoms. The van der Waals surface area contributed by atoms with Crippen molar-refractivity contribution < 1.29 is 24.2 Å². The molecule has 0 aromatic carbocycles. The fraction of sp³-hybridized carbons (Fsp3) is 0.833. The summed E-state index contributed by atoms with van der Waals surface area (Å²) in [6.07, 6.45) is 1.98. The number of rotatable bonds is 10. The maximum absolute atomic E-state index is 11.4. The van der Waals surface area contributed by atoms with Crippen molar-refractivity contribution >= 4 is 12.0 Å². The molecule has 0 unspecified atom stereocenters. The Balaban J connectivity index is 1.95. The zero-order chi connectivity index (χ0) is 14.1. The van der Waals surface area contributed by atoms with E-state index in [4.69, 9.17) is 14.6 Å². The van der Waals surface area contributed by atoms with Crippen molar-refractivity contribution in [2.24, 2.45) is 5.41 Å². The number of ether oxygens (including phenoxy) is 2. The topological polar surface area (TPSA) is 96.9 Å². The van der Waals surface area contributed by atoms with Gasteiger partial charge in [-0.3, -0.25) is 4.79 Å². The van der Waals surface area contributed by atoms with Crippen molar-refractivity contribution in [1.82, 2.24) is 10.6 Å². The van der Waals surface area contributed by atoms with Crippen LogP contribution in [0.15, 0.2) is 0 Å². The van der Waals surface area contributed by atoms with E-state index >= 15 is 0 Å². The highest BCUT2D eigenvalue weighted by Crippen LogP contribution is 2.45. The van der Waals surface area contributed by atoms with Gasteiger partial charge in [0.05, 0.1) is 18.6 Å². The second-order valence-corrected chi connectivity index (χ2v) is 4.65. The molecule has 0 spiro atoms. The fourth-order valence-corrected chi connectivity index (χ4v) is 1.55. The molecule has 1 fully saturated rings. The number of urea groups is 1. The molecule has 1 aliphatic carbocycles. The van der Waals surface area contributed by atoms with Crippen LogP contribution in [0.1, 0.15) is 19.3 Å². The van der Waals surface area contributed by atoms with E-state index < -0.39 is 11.4 Å². The molecule has 3 N–H and O–H groups in total. The Morgan fingerprint density at radius 1 is 1.21 bits per heavy atom. The van der Waals surface area contributed by atoms with E-state index in [0.29, 0.717) is 45.6 Å². The number of carboxylic acids is 1.